The monoisotopic (exact) mass is 260 g/mol. The van der Waals surface area contributed by atoms with Crippen molar-refractivity contribution in [2.45, 2.75) is 25.6 Å². The van der Waals surface area contributed by atoms with Gasteiger partial charge in [0.25, 0.3) is 0 Å². The maximum Gasteiger partial charge on any atom is 0.435 e. The highest BCUT2D eigenvalue weighted by molar-refractivity contribution is 5.39. The van der Waals surface area contributed by atoms with Crippen LogP contribution in [0.5, 0.6) is 0 Å². The van der Waals surface area contributed by atoms with Crippen LogP contribution in [0.15, 0.2) is 12.1 Å². The fraction of sp³-hybridized carbons (Fsp3) is 0.636. The van der Waals surface area contributed by atoms with Crippen molar-refractivity contribution in [3.8, 4) is 0 Å². The molecule has 0 saturated carbocycles. The smallest absolute Gasteiger partial charge is 0.352 e. The van der Waals surface area contributed by atoms with Crippen molar-refractivity contribution in [1.82, 2.24) is 15.5 Å². The number of anilines is 1. The minimum atomic E-state index is -4.44. The zero-order valence-corrected chi connectivity index (χ0v) is 10.3. The predicted octanol–water partition coefficient (Wildman–Crippen LogP) is 1.68. The van der Waals surface area contributed by atoms with Crippen LogP contribution < -0.4 is 10.2 Å². The van der Waals surface area contributed by atoms with Gasteiger partial charge in [-0.1, -0.05) is 0 Å². The number of aromatic nitrogens is 2. The normalized spacial score (nSPS) is 19.9. The maximum absolute atomic E-state index is 12.4. The zero-order chi connectivity index (χ0) is 13.4. The second-order valence-corrected chi connectivity index (χ2v) is 5.01. The van der Waals surface area contributed by atoms with Crippen molar-refractivity contribution in [2.24, 2.45) is 0 Å². The van der Waals surface area contributed by atoms with Gasteiger partial charge in [0.15, 0.2) is 11.5 Å². The molecule has 0 radical (unpaired) electrons. The Bertz CT molecular complexity index is 413. The van der Waals surface area contributed by atoms with E-state index in [-0.39, 0.29) is 5.54 Å². The van der Waals surface area contributed by atoms with Crippen LogP contribution in [0.4, 0.5) is 19.0 Å². The summed E-state index contributed by atoms with van der Waals surface area (Å²) in [5.74, 6) is 0.484. The van der Waals surface area contributed by atoms with Crippen LogP contribution in [0.1, 0.15) is 19.5 Å². The Labute approximate surface area is 103 Å². The molecule has 18 heavy (non-hydrogen) atoms. The highest BCUT2D eigenvalue weighted by atomic mass is 19.4. The van der Waals surface area contributed by atoms with Gasteiger partial charge in [0.05, 0.1) is 0 Å². The number of rotatable bonds is 1. The number of piperazine rings is 1. The molecule has 100 valence electrons. The lowest BCUT2D eigenvalue weighted by molar-refractivity contribution is -0.141. The van der Waals surface area contributed by atoms with E-state index in [0.717, 1.165) is 12.6 Å². The molecule has 1 N–H and O–H groups in total. The highest BCUT2D eigenvalue weighted by Crippen LogP contribution is 2.27. The molecule has 0 atom stereocenters. The van der Waals surface area contributed by atoms with Gasteiger partial charge in [-0.25, -0.2) is 0 Å². The van der Waals surface area contributed by atoms with Gasteiger partial charge in [-0.2, -0.15) is 13.2 Å². The molecule has 1 fully saturated rings. The van der Waals surface area contributed by atoms with Crippen LogP contribution in [-0.4, -0.2) is 35.4 Å². The molecule has 0 unspecified atom stereocenters. The molecule has 1 aliphatic rings. The van der Waals surface area contributed by atoms with Crippen LogP contribution >= 0.6 is 0 Å². The van der Waals surface area contributed by atoms with Gasteiger partial charge in [-0.15, -0.1) is 10.2 Å². The molecular formula is C11H15F3N4. The molecule has 1 aromatic heterocycles. The third-order valence-electron chi connectivity index (χ3n) is 2.84. The Morgan fingerprint density at radius 1 is 1.28 bits per heavy atom. The number of halogens is 3. The lowest BCUT2D eigenvalue weighted by Crippen LogP contribution is -2.57. The first-order chi connectivity index (χ1) is 8.28. The first kappa shape index (κ1) is 13.1. The molecule has 7 heteroatoms. The van der Waals surface area contributed by atoms with Crippen molar-refractivity contribution in [3.63, 3.8) is 0 Å². The molecule has 0 aliphatic carbocycles. The topological polar surface area (TPSA) is 41.1 Å². The second kappa shape index (κ2) is 4.38. The molecule has 1 aromatic rings. The average molecular weight is 260 g/mol. The van der Waals surface area contributed by atoms with Crippen molar-refractivity contribution in [3.05, 3.63) is 17.8 Å². The minimum absolute atomic E-state index is 0.0807. The third-order valence-corrected chi connectivity index (χ3v) is 2.84. The van der Waals surface area contributed by atoms with Crippen LogP contribution in [0.3, 0.4) is 0 Å². The van der Waals surface area contributed by atoms with E-state index >= 15 is 0 Å². The molecule has 0 bridgehead atoms. The summed E-state index contributed by atoms with van der Waals surface area (Å²) in [5.41, 5.74) is -1.04. The summed E-state index contributed by atoms with van der Waals surface area (Å²) in [6, 6.07) is 2.34. The number of hydrogen-bond acceptors (Lipinski definition) is 4. The van der Waals surface area contributed by atoms with E-state index in [1.165, 1.54) is 6.07 Å². The number of hydrogen-bond donors (Lipinski definition) is 1. The summed E-state index contributed by atoms with van der Waals surface area (Å²) in [4.78, 5) is 1.93. The Kier molecular flexibility index (Phi) is 3.18. The van der Waals surface area contributed by atoms with E-state index in [1.54, 1.807) is 0 Å². The van der Waals surface area contributed by atoms with E-state index < -0.39 is 11.9 Å². The van der Waals surface area contributed by atoms with Crippen molar-refractivity contribution in [1.29, 1.82) is 0 Å². The van der Waals surface area contributed by atoms with Gasteiger partial charge >= 0.3 is 6.18 Å². The van der Waals surface area contributed by atoms with E-state index in [2.05, 4.69) is 15.5 Å². The van der Waals surface area contributed by atoms with Crippen molar-refractivity contribution >= 4 is 5.82 Å². The molecule has 0 amide bonds. The third kappa shape index (κ3) is 2.90. The number of alkyl halides is 3. The summed E-state index contributed by atoms with van der Waals surface area (Å²) < 4.78 is 37.1. The average Bonchev–Trinajstić information content (AvgIpc) is 2.27. The van der Waals surface area contributed by atoms with E-state index in [1.807, 2.05) is 18.7 Å². The number of nitrogens with zero attached hydrogens (tertiary/aromatic N) is 3. The highest BCUT2D eigenvalue weighted by Gasteiger charge is 2.33. The van der Waals surface area contributed by atoms with Crippen LogP contribution in [0.2, 0.25) is 0 Å². The molecule has 4 nitrogen and oxygen atoms in total. The zero-order valence-electron chi connectivity index (χ0n) is 10.3. The van der Waals surface area contributed by atoms with Gasteiger partial charge in [-0.05, 0) is 26.0 Å². The summed E-state index contributed by atoms with van der Waals surface area (Å²) >= 11 is 0. The maximum atomic E-state index is 12.4. The molecule has 1 saturated heterocycles. The summed E-state index contributed by atoms with van der Waals surface area (Å²) in [5, 5.41) is 10.2. The predicted molar refractivity (Wildman–Crippen MR) is 61.3 cm³/mol. The molecule has 0 spiro atoms. The van der Waals surface area contributed by atoms with Crippen molar-refractivity contribution < 1.29 is 13.2 Å². The van der Waals surface area contributed by atoms with Gasteiger partial charge in [0, 0.05) is 25.2 Å². The largest absolute Gasteiger partial charge is 0.435 e. The molecule has 1 aliphatic heterocycles. The fourth-order valence-corrected chi connectivity index (χ4v) is 1.98. The summed E-state index contributed by atoms with van der Waals surface area (Å²) in [6.45, 7) is 6.25. The Hall–Kier alpha value is -1.37. The van der Waals surface area contributed by atoms with Gasteiger partial charge in [0.1, 0.15) is 0 Å². The van der Waals surface area contributed by atoms with E-state index in [9.17, 15) is 13.2 Å². The quantitative estimate of drug-likeness (QED) is 0.834. The second-order valence-electron chi connectivity index (χ2n) is 5.01. The SMILES string of the molecule is CC1(C)CN(c2ccc(C(F)(F)F)nn2)CCN1. The lowest BCUT2D eigenvalue weighted by Gasteiger charge is -2.39. The fourth-order valence-electron chi connectivity index (χ4n) is 1.98. The Balaban J connectivity index is 2.15. The van der Waals surface area contributed by atoms with Gasteiger partial charge < -0.3 is 10.2 Å². The lowest BCUT2D eigenvalue weighted by atomic mass is 10.0. The van der Waals surface area contributed by atoms with Crippen LogP contribution in [0.25, 0.3) is 0 Å². The van der Waals surface area contributed by atoms with Crippen LogP contribution in [-0.2, 0) is 6.18 Å². The molecule has 2 rings (SSSR count). The molecular weight excluding hydrogens is 245 g/mol. The van der Waals surface area contributed by atoms with E-state index in [0.29, 0.717) is 18.9 Å². The van der Waals surface area contributed by atoms with Gasteiger partial charge in [0.2, 0.25) is 0 Å². The first-order valence-corrected chi connectivity index (χ1v) is 5.69. The molecule has 0 aromatic carbocycles. The molecule has 2 heterocycles. The summed E-state index contributed by atoms with van der Waals surface area (Å²) in [7, 11) is 0. The standard InChI is InChI=1S/C11H15F3N4/c1-10(2)7-18(6-5-15-10)9-4-3-8(16-17-9)11(12,13)14/h3-4,15H,5-7H2,1-2H3. The Morgan fingerprint density at radius 3 is 2.50 bits per heavy atom. The number of nitrogens with one attached hydrogen (secondary N) is 1. The minimum Gasteiger partial charge on any atom is -0.352 e. The van der Waals surface area contributed by atoms with Crippen LogP contribution in [0, 0.1) is 0 Å². The van der Waals surface area contributed by atoms with E-state index in [4.69, 9.17) is 0 Å². The Morgan fingerprint density at radius 2 is 2.00 bits per heavy atom. The van der Waals surface area contributed by atoms with Gasteiger partial charge in [-0.3, -0.25) is 0 Å². The summed E-state index contributed by atoms with van der Waals surface area (Å²) in [6.07, 6.45) is -4.44. The van der Waals surface area contributed by atoms with Crippen molar-refractivity contribution in [2.75, 3.05) is 24.5 Å². The first-order valence-electron chi connectivity index (χ1n) is 5.69.